The molecule has 3 aromatic rings. The highest BCUT2D eigenvalue weighted by Crippen LogP contribution is 2.20. The van der Waals surface area contributed by atoms with Crippen LogP contribution in [0.5, 0.6) is 0 Å². The second-order valence-electron chi connectivity index (χ2n) is 7.20. The van der Waals surface area contributed by atoms with Crippen LogP contribution < -0.4 is 20.9 Å². The van der Waals surface area contributed by atoms with Gasteiger partial charge in [-0.1, -0.05) is 30.3 Å². The van der Waals surface area contributed by atoms with Crippen molar-refractivity contribution in [3.63, 3.8) is 0 Å². The Morgan fingerprint density at radius 2 is 1.60 bits per heavy atom. The van der Waals surface area contributed by atoms with Gasteiger partial charge in [-0.05, 0) is 48.0 Å². The highest BCUT2D eigenvalue weighted by Gasteiger charge is 2.18. The SMILES string of the molecule is Nc1ccc(/C=C/C(=O)Nc2ccc(N3CCN(c4ccccc4)CC3)nc2)cc1. The van der Waals surface area contributed by atoms with Gasteiger partial charge < -0.3 is 20.9 Å². The van der Waals surface area contributed by atoms with Gasteiger partial charge in [0.25, 0.3) is 0 Å². The monoisotopic (exact) mass is 399 g/mol. The van der Waals surface area contributed by atoms with Gasteiger partial charge in [0.1, 0.15) is 5.82 Å². The maximum atomic E-state index is 12.1. The van der Waals surface area contributed by atoms with Crippen LogP contribution in [0.2, 0.25) is 0 Å². The molecule has 3 N–H and O–H groups in total. The van der Waals surface area contributed by atoms with Crippen molar-refractivity contribution in [3.05, 3.63) is 84.6 Å². The molecule has 1 aromatic heterocycles. The van der Waals surface area contributed by atoms with E-state index < -0.39 is 0 Å². The van der Waals surface area contributed by atoms with E-state index in [1.807, 2.05) is 30.3 Å². The molecule has 1 amide bonds. The average molecular weight is 399 g/mol. The lowest BCUT2D eigenvalue weighted by Gasteiger charge is -2.36. The van der Waals surface area contributed by atoms with Gasteiger partial charge in [0.2, 0.25) is 5.91 Å². The van der Waals surface area contributed by atoms with E-state index in [2.05, 4.69) is 44.4 Å². The lowest BCUT2D eigenvalue weighted by Crippen LogP contribution is -2.46. The number of hydrogen-bond donors (Lipinski definition) is 2. The highest BCUT2D eigenvalue weighted by atomic mass is 16.1. The van der Waals surface area contributed by atoms with Crippen LogP contribution in [0.1, 0.15) is 5.56 Å². The number of nitrogens with two attached hydrogens (primary N) is 1. The first-order valence-corrected chi connectivity index (χ1v) is 10.0. The molecule has 6 heteroatoms. The number of pyridine rings is 1. The molecular formula is C24H25N5O. The summed E-state index contributed by atoms with van der Waals surface area (Å²) in [6, 6.07) is 21.7. The lowest BCUT2D eigenvalue weighted by molar-refractivity contribution is -0.111. The fourth-order valence-corrected chi connectivity index (χ4v) is 3.44. The summed E-state index contributed by atoms with van der Waals surface area (Å²) >= 11 is 0. The molecule has 0 spiro atoms. The number of nitrogen functional groups attached to an aromatic ring is 1. The fourth-order valence-electron chi connectivity index (χ4n) is 3.44. The summed E-state index contributed by atoms with van der Waals surface area (Å²) in [5.74, 6) is 0.732. The Bertz CT molecular complexity index is 992. The minimum atomic E-state index is -0.196. The van der Waals surface area contributed by atoms with Crippen LogP contribution in [0, 0.1) is 0 Å². The van der Waals surface area contributed by atoms with Crippen molar-refractivity contribution in [3.8, 4) is 0 Å². The van der Waals surface area contributed by atoms with Crippen molar-refractivity contribution in [2.24, 2.45) is 0 Å². The number of nitrogens with one attached hydrogen (secondary N) is 1. The number of nitrogens with zero attached hydrogens (tertiary/aromatic N) is 3. The van der Waals surface area contributed by atoms with Crippen molar-refractivity contribution in [1.82, 2.24) is 4.98 Å². The normalized spacial score (nSPS) is 14.1. The summed E-state index contributed by atoms with van der Waals surface area (Å²) in [6.07, 6.45) is 4.96. The molecule has 0 aliphatic carbocycles. The number of para-hydroxylation sites is 1. The molecule has 1 saturated heterocycles. The van der Waals surface area contributed by atoms with Crippen LogP contribution in [0.25, 0.3) is 6.08 Å². The van der Waals surface area contributed by atoms with Crippen molar-refractivity contribution < 1.29 is 4.79 Å². The standard InChI is InChI=1S/C24H25N5O/c25-20-9-6-19(7-10-20)8-13-24(30)27-21-11-12-23(26-18-21)29-16-14-28(15-17-29)22-4-2-1-3-5-22/h1-13,18H,14-17,25H2,(H,27,30)/b13-8+. The van der Waals surface area contributed by atoms with Gasteiger partial charge in [-0.15, -0.1) is 0 Å². The average Bonchev–Trinajstić information content (AvgIpc) is 2.80. The number of piperazine rings is 1. The highest BCUT2D eigenvalue weighted by molar-refractivity contribution is 6.01. The van der Waals surface area contributed by atoms with E-state index in [9.17, 15) is 4.79 Å². The van der Waals surface area contributed by atoms with Crippen LogP contribution in [-0.2, 0) is 4.79 Å². The van der Waals surface area contributed by atoms with Gasteiger partial charge in [-0.3, -0.25) is 4.79 Å². The molecule has 2 heterocycles. The van der Waals surface area contributed by atoms with Crippen molar-refractivity contribution in [1.29, 1.82) is 0 Å². The molecule has 1 fully saturated rings. The van der Waals surface area contributed by atoms with E-state index in [1.165, 1.54) is 11.8 Å². The van der Waals surface area contributed by atoms with E-state index in [4.69, 9.17) is 5.73 Å². The molecule has 6 nitrogen and oxygen atoms in total. The fraction of sp³-hybridized carbons (Fsp3) is 0.167. The smallest absolute Gasteiger partial charge is 0.248 e. The molecule has 0 saturated carbocycles. The summed E-state index contributed by atoms with van der Waals surface area (Å²) in [6.45, 7) is 3.75. The summed E-state index contributed by atoms with van der Waals surface area (Å²) < 4.78 is 0. The maximum Gasteiger partial charge on any atom is 0.248 e. The van der Waals surface area contributed by atoms with Crippen molar-refractivity contribution >= 4 is 34.9 Å². The molecule has 1 aliphatic rings. The number of anilines is 4. The Balaban J connectivity index is 1.30. The predicted molar refractivity (Wildman–Crippen MR) is 124 cm³/mol. The van der Waals surface area contributed by atoms with Crippen LogP contribution in [0.3, 0.4) is 0 Å². The zero-order valence-electron chi connectivity index (χ0n) is 16.7. The predicted octanol–water partition coefficient (Wildman–Crippen LogP) is 3.64. The third kappa shape index (κ3) is 4.97. The third-order valence-electron chi connectivity index (χ3n) is 5.10. The van der Waals surface area contributed by atoms with Gasteiger partial charge in [0.15, 0.2) is 0 Å². The summed E-state index contributed by atoms with van der Waals surface area (Å²) in [4.78, 5) is 21.3. The number of aromatic nitrogens is 1. The maximum absolute atomic E-state index is 12.1. The Morgan fingerprint density at radius 3 is 2.27 bits per heavy atom. The van der Waals surface area contributed by atoms with Gasteiger partial charge in [-0.2, -0.15) is 0 Å². The molecule has 0 bridgehead atoms. The molecular weight excluding hydrogens is 374 g/mol. The number of hydrogen-bond acceptors (Lipinski definition) is 5. The summed E-state index contributed by atoms with van der Waals surface area (Å²) in [5, 5.41) is 2.84. The Hall–Kier alpha value is -3.80. The summed E-state index contributed by atoms with van der Waals surface area (Å²) in [7, 11) is 0. The third-order valence-corrected chi connectivity index (χ3v) is 5.10. The van der Waals surface area contributed by atoms with E-state index in [-0.39, 0.29) is 5.91 Å². The largest absolute Gasteiger partial charge is 0.399 e. The van der Waals surface area contributed by atoms with E-state index in [1.54, 1.807) is 24.4 Å². The second-order valence-corrected chi connectivity index (χ2v) is 7.20. The number of amides is 1. The van der Waals surface area contributed by atoms with Crippen LogP contribution in [0.4, 0.5) is 22.9 Å². The molecule has 4 rings (SSSR count). The molecule has 152 valence electrons. The first kappa shape index (κ1) is 19.5. The van der Waals surface area contributed by atoms with Crippen molar-refractivity contribution in [2.45, 2.75) is 0 Å². The topological polar surface area (TPSA) is 74.5 Å². The Morgan fingerprint density at radius 1 is 0.900 bits per heavy atom. The Labute approximate surface area is 176 Å². The number of carbonyl (C=O) groups is 1. The second kappa shape index (κ2) is 9.13. The first-order chi connectivity index (χ1) is 14.7. The number of rotatable bonds is 5. The zero-order valence-corrected chi connectivity index (χ0v) is 16.7. The Kier molecular flexibility index (Phi) is 5.94. The number of carbonyl (C=O) groups excluding carboxylic acids is 1. The lowest BCUT2D eigenvalue weighted by atomic mass is 10.2. The van der Waals surface area contributed by atoms with Gasteiger partial charge in [-0.25, -0.2) is 4.98 Å². The van der Waals surface area contributed by atoms with Gasteiger partial charge >= 0.3 is 0 Å². The molecule has 0 unspecified atom stereocenters. The van der Waals surface area contributed by atoms with Crippen molar-refractivity contribution in [2.75, 3.05) is 47.0 Å². The van der Waals surface area contributed by atoms with Gasteiger partial charge in [0.05, 0.1) is 11.9 Å². The summed E-state index contributed by atoms with van der Waals surface area (Å²) in [5.41, 5.74) is 9.22. The van der Waals surface area contributed by atoms with E-state index in [0.717, 1.165) is 37.6 Å². The minimum Gasteiger partial charge on any atom is -0.399 e. The van der Waals surface area contributed by atoms with E-state index >= 15 is 0 Å². The molecule has 0 atom stereocenters. The molecule has 30 heavy (non-hydrogen) atoms. The van der Waals surface area contributed by atoms with Crippen LogP contribution >= 0.6 is 0 Å². The zero-order chi connectivity index (χ0) is 20.8. The minimum absolute atomic E-state index is 0.196. The van der Waals surface area contributed by atoms with Crippen LogP contribution in [-0.4, -0.2) is 37.1 Å². The van der Waals surface area contributed by atoms with E-state index in [0.29, 0.717) is 11.4 Å². The van der Waals surface area contributed by atoms with Gasteiger partial charge in [0, 0.05) is 43.6 Å². The molecule has 2 aromatic carbocycles. The molecule has 1 aliphatic heterocycles. The quantitative estimate of drug-likeness (QED) is 0.506. The molecule has 0 radical (unpaired) electrons. The van der Waals surface area contributed by atoms with Crippen LogP contribution in [0.15, 0.2) is 79.0 Å². The first-order valence-electron chi connectivity index (χ1n) is 10.0. The number of benzene rings is 2.